The third kappa shape index (κ3) is 4.13. The van der Waals surface area contributed by atoms with E-state index in [1.807, 2.05) is 62.4 Å². The Morgan fingerprint density at radius 3 is 2.24 bits per heavy atom. The van der Waals surface area contributed by atoms with E-state index in [0.29, 0.717) is 6.54 Å². The topological polar surface area (TPSA) is 41.1 Å². The zero-order valence-corrected chi connectivity index (χ0v) is 13.0. The van der Waals surface area contributed by atoms with Crippen LogP contribution in [0.15, 0.2) is 48.5 Å². The van der Waals surface area contributed by atoms with E-state index in [2.05, 4.69) is 10.6 Å². The Morgan fingerprint density at radius 2 is 1.62 bits per heavy atom. The van der Waals surface area contributed by atoms with Crippen molar-refractivity contribution in [1.29, 1.82) is 0 Å². The molecule has 0 spiro atoms. The molecule has 0 unspecified atom stereocenters. The van der Waals surface area contributed by atoms with Crippen LogP contribution in [-0.4, -0.2) is 10.9 Å². The molecule has 2 aromatic rings. The number of rotatable bonds is 3. The summed E-state index contributed by atoms with van der Waals surface area (Å²) >= 11 is 5.14. The molecule has 21 heavy (non-hydrogen) atoms. The molecule has 3 nitrogen and oxygen atoms in total. The highest BCUT2D eigenvalue weighted by molar-refractivity contribution is 7.82. The van der Waals surface area contributed by atoms with Crippen molar-refractivity contribution in [1.82, 2.24) is 5.32 Å². The second-order valence-corrected chi connectivity index (χ2v) is 5.30. The van der Waals surface area contributed by atoms with Gasteiger partial charge < -0.3 is 10.6 Å². The van der Waals surface area contributed by atoms with Crippen molar-refractivity contribution in [2.45, 2.75) is 20.4 Å². The van der Waals surface area contributed by atoms with Crippen LogP contribution in [0.5, 0.6) is 0 Å². The highest BCUT2D eigenvalue weighted by atomic mass is 32.1. The van der Waals surface area contributed by atoms with Gasteiger partial charge in [0.25, 0.3) is 5.91 Å². The Bertz CT molecular complexity index is 633. The summed E-state index contributed by atoms with van der Waals surface area (Å²) in [7, 11) is 0. The molecule has 0 saturated carbocycles. The first-order valence-corrected chi connectivity index (χ1v) is 7.18. The second kappa shape index (κ2) is 6.99. The average Bonchev–Trinajstić information content (AvgIpc) is 2.49. The molecular weight excluding hydrogens is 280 g/mol. The molecule has 0 fully saturated rings. The van der Waals surface area contributed by atoms with E-state index in [1.54, 1.807) is 0 Å². The second-order valence-electron chi connectivity index (χ2n) is 4.89. The highest BCUT2D eigenvalue weighted by Gasteiger charge is 2.11. The normalized spacial score (nSPS) is 10.0. The van der Waals surface area contributed by atoms with Crippen LogP contribution in [0.25, 0.3) is 0 Å². The maximum Gasteiger partial charge on any atom is 0.283 e. The van der Waals surface area contributed by atoms with Gasteiger partial charge in [0.1, 0.15) is 0 Å². The van der Waals surface area contributed by atoms with Crippen molar-refractivity contribution >= 4 is 28.8 Å². The number of thiocarbonyl (C=S) groups is 1. The number of anilines is 1. The molecule has 0 bridgehead atoms. The zero-order valence-electron chi connectivity index (χ0n) is 12.1. The maximum absolute atomic E-state index is 12.1. The van der Waals surface area contributed by atoms with E-state index in [0.717, 1.165) is 22.4 Å². The Hall–Kier alpha value is -2.20. The van der Waals surface area contributed by atoms with Crippen molar-refractivity contribution in [3.05, 3.63) is 65.2 Å². The van der Waals surface area contributed by atoms with Crippen LogP contribution in [0.3, 0.4) is 0 Å². The van der Waals surface area contributed by atoms with Gasteiger partial charge in [0.05, 0.1) is 0 Å². The predicted molar refractivity (Wildman–Crippen MR) is 90.4 cm³/mol. The summed E-state index contributed by atoms with van der Waals surface area (Å²) in [6, 6.07) is 15.7. The first-order chi connectivity index (χ1) is 10.1. The molecule has 0 aliphatic carbocycles. The fourth-order valence-corrected chi connectivity index (χ4v) is 2.16. The Balaban J connectivity index is 1.96. The summed E-state index contributed by atoms with van der Waals surface area (Å²) in [6.07, 6.45) is 0. The molecule has 2 N–H and O–H groups in total. The molecule has 2 aromatic carbocycles. The lowest BCUT2D eigenvalue weighted by Gasteiger charge is -2.13. The van der Waals surface area contributed by atoms with Crippen LogP contribution in [0.2, 0.25) is 0 Å². The molecular formula is C17H18N2OS. The van der Waals surface area contributed by atoms with Crippen LogP contribution < -0.4 is 10.6 Å². The highest BCUT2D eigenvalue weighted by Crippen LogP contribution is 2.19. The zero-order chi connectivity index (χ0) is 15.2. The number of carbonyl (C=O) groups excluding carboxylic acids is 1. The number of hydrogen-bond acceptors (Lipinski definition) is 2. The summed E-state index contributed by atoms with van der Waals surface area (Å²) in [4.78, 5) is 12.3. The number of nitrogens with one attached hydrogen (secondary N) is 2. The van der Waals surface area contributed by atoms with Gasteiger partial charge in [0, 0.05) is 12.2 Å². The molecule has 0 aromatic heterocycles. The van der Waals surface area contributed by atoms with Gasteiger partial charge in [-0.05, 0) is 30.5 Å². The van der Waals surface area contributed by atoms with E-state index in [-0.39, 0.29) is 10.9 Å². The molecule has 1 amide bonds. The number of para-hydroxylation sites is 1. The van der Waals surface area contributed by atoms with Gasteiger partial charge in [0.15, 0.2) is 4.99 Å². The molecule has 0 saturated heterocycles. The quantitative estimate of drug-likeness (QED) is 0.854. The van der Waals surface area contributed by atoms with Gasteiger partial charge in [-0.15, -0.1) is 0 Å². The first kappa shape index (κ1) is 15.2. The van der Waals surface area contributed by atoms with Crippen LogP contribution >= 0.6 is 12.2 Å². The fraction of sp³-hybridized carbons (Fsp3) is 0.176. The SMILES string of the molecule is Cc1cccc(C)c1NC(=O)C(=S)NCc1ccccc1. The summed E-state index contributed by atoms with van der Waals surface area (Å²) in [5, 5.41) is 5.85. The summed E-state index contributed by atoms with van der Waals surface area (Å²) < 4.78 is 0. The lowest BCUT2D eigenvalue weighted by Crippen LogP contribution is -2.33. The number of carbonyl (C=O) groups is 1. The summed E-state index contributed by atoms with van der Waals surface area (Å²) in [5.74, 6) is -0.279. The minimum Gasteiger partial charge on any atom is -0.368 e. The minimum absolute atomic E-state index is 0.196. The monoisotopic (exact) mass is 298 g/mol. The molecule has 2 rings (SSSR count). The smallest absolute Gasteiger partial charge is 0.283 e. The number of benzene rings is 2. The lowest BCUT2D eigenvalue weighted by atomic mass is 10.1. The fourth-order valence-electron chi connectivity index (χ4n) is 2.04. The van der Waals surface area contributed by atoms with Crippen molar-refractivity contribution in [2.24, 2.45) is 0 Å². The molecule has 4 heteroatoms. The van der Waals surface area contributed by atoms with Crippen molar-refractivity contribution in [3.8, 4) is 0 Å². The van der Waals surface area contributed by atoms with Gasteiger partial charge >= 0.3 is 0 Å². The van der Waals surface area contributed by atoms with Crippen LogP contribution in [0.4, 0.5) is 5.69 Å². The van der Waals surface area contributed by atoms with Crippen LogP contribution in [0.1, 0.15) is 16.7 Å². The molecule has 0 atom stereocenters. The average molecular weight is 298 g/mol. The number of aryl methyl sites for hydroxylation is 2. The molecule has 108 valence electrons. The molecule has 0 aliphatic heterocycles. The maximum atomic E-state index is 12.1. The van der Waals surface area contributed by atoms with Gasteiger partial charge in [-0.25, -0.2) is 0 Å². The predicted octanol–water partition coefficient (Wildman–Crippen LogP) is 3.36. The summed E-state index contributed by atoms with van der Waals surface area (Å²) in [5.41, 5.74) is 3.95. The van der Waals surface area contributed by atoms with Gasteiger partial charge in [-0.2, -0.15) is 0 Å². The third-order valence-corrected chi connectivity index (χ3v) is 3.55. The van der Waals surface area contributed by atoms with Gasteiger partial charge in [-0.1, -0.05) is 60.7 Å². The standard InChI is InChI=1S/C17H18N2OS/c1-12-7-6-8-13(2)15(12)19-16(20)17(21)18-11-14-9-4-3-5-10-14/h3-10H,11H2,1-2H3,(H,18,21)(H,19,20). The summed E-state index contributed by atoms with van der Waals surface area (Å²) in [6.45, 7) is 4.46. The Kier molecular flexibility index (Phi) is 5.06. The van der Waals surface area contributed by atoms with Crippen LogP contribution in [-0.2, 0) is 11.3 Å². The van der Waals surface area contributed by atoms with Crippen molar-refractivity contribution < 1.29 is 4.79 Å². The largest absolute Gasteiger partial charge is 0.368 e. The molecule has 0 radical (unpaired) electrons. The van der Waals surface area contributed by atoms with Crippen molar-refractivity contribution in [2.75, 3.05) is 5.32 Å². The van der Waals surface area contributed by atoms with Crippen molar-refractivity contribution in [3.63, 3.8) is 0 Å². The van der Waals surface area contributed by atoms with Crippen LogP contribution in [0, 0.1) is 13.8 Å². The van der Waals surface area contributed by atoms with Gasteiger partial charge in [-0.3, -0.25) is 4.79 Å². The molecule has 0 aliphatic rings. The lowest BCUT2D eigenvalue weighted by molar-refractivity contribution is -0.110. The van der Waals surface area contributed by atoms with E-state index in [4.69, 9.17) is 12.2 Å². The first-order valence-electron chi connectivity index (χ1n) is 6.77. The number of amides is 1. The van der Waals surface area contributed by atoms with E-state index in [9.17, 15) is 4.79 Å². The van der Waals surface area contributed by atoms with E-state index < -0.39 is 0 Å². The number of hydrogen-bond donors (Lipinski definition) is 2. The third-order valence-electron chi connectivity index (χ3n) is 3.22. The van der Waals surface area contributed by atoms with E-state index in [1.165, 1.54) is 0 Å². The van der Waals surface area contributed by atoms with E-state index >= 15 is 0 Å². The Labute approximate surface area is 130 Å². The Morgan fingerprint density at radius 1 is 1.00 bits per heavy atom. The minimum atomic E-state index is -0.279. The van der Waals surface area contributed by atoms with Gasteiger partial charge in [0.2, 0.25) is 0 Å². The molecule has 0 heterocycles.